The van der Waals surface area contributed by atoms with E-state index in [4.69, 9.17) is 9.47 Å². The molecule has 5 heteroatoms. The second-order valence-corrected chi connectivity index (χ2v) is 9.62. The van der Waals surface area contributed by atoms with E-state index in [1.807, 2.05) is 42.6 Å². The largest absolute Gasteiger partial charge is 0.493 e. The monoisotopic (exact) mass is 497 g/mol. The first kappa shape index (κ1) is 29.7. The summed E-state index contributed by atoms with van der Waals surface area (Å²) in [6.07, 6.45) is 18.2. The maximum Gasteiger partial charge on any atom is 0.225 e. The van der Waals surface area contributed by atoms with Gasteiger partial charge in [-0.1, -0.05) is 95.8 Å². The van der Waals surface area contributed by atoms with Crippen LogP contribution in [0, 0.1) is 0 Å². The van der Waals surface area contributed by atoms with Crippen molar-refractivity contribution in [2.45, 2.75) is 110 Å². The third-order valence-electron chi connectivity index (χ3n) is 6.71. The van der Waals surface area contributed by atoms with Crippen molar-refractivity contribution in [3.8, 4) is 11.5 Å². The van der Waals surface area contributed by atoms with E-state index in [-0.39, 0.29) is 12.3 Å². The van der Waals surface area contributed by atoms with E-state index in [2.05, 4.69) is 23.7 Å². The van der Waals surface area contributed by atoms with Crippen LogP contribution in [0.5, 0.6) is 11.5 Å². The Bertz CT molecular complexity index is 869. The van der Waals surface area contributed by atoms with E-state index in [9.17, 15) is 4.79 Å². The molecule has 0 atom stereocenters. The maximum absolute atomic E-state index is 12.6. The number of carbonyl (C=O) groups excluding carboxylic acids is 1. The predicted octanol–water partition coefficient (Wildman–Crippen LogP) is 6.94. The molecule has 0 radical (unpaired) electrons. The van der Waals surface area contributed by atoms with Crippen LogP contribution in [-0.2, 0) is 24.3 Å². The van der Waals surface area contributed by atoms with Gasteiger partial charge in [-0.3, -0.25) is 4.79 Å². The number of carbonyl (C=O) groups is 1. The lowest BCUT2D eigenvalue weighted by Gasteiger charge is -2.14. The minimum Gasteiger partial charge on any atom is -0.493 e. The van der Waals surface area contributed by atoms with Gasteiger partial charge in [0, 0.05) is 17.7 Å². The van der Waals surface area contributed by atoms with Crippen molar-refractivity contribution < 1.29 is 18.8 Å². The molecule has 200 valence electrons. The van der Waals surface area contributed by atoms with E-state index in [0.29, 0.717) is 18.9 Å². The minimum absolute atomic E-state index is 0.0297. The number of amides is 1. The number of nitrogens with zero attached hydrogens (tertiary/aromatic N) is 1. The molecule has 0 saturated heterocycles. The summed E-state index contributed by atoms with van der Waals surface area (Å²) in [5, 5.41) is 3.03. The average Bonchev–Trinajstić information content (AvgIpc) is 2.90. The normalized spacial score (nSPS) is 10.9. The predicted molar refractivity (Wildman–Crippen MR) is 147 cm³/mol. The van der Waals surface area contributed by atoms with Crippen LogP contribution >= 0.6 is 0 Å². The third-order valence-corrected chi connectivity index (χ3v) is 6.71. The van der Waals surface area contributed by atoms with Gasteiger partial charge in [-0.25, -0.2) is 4.57 Å². The molecule has 0 aliphatic rings. The highest BCUT2D eigenvalue weighted by Gasteiger charge is 2.15. The molecule has 0 fully saturated rings. The maximum atomic E-state index is 12.6. The summed E-state index contributed by atoms with van der Waals surface area (Å²) in [4.78, 5) is 12.6. The Morgan fingerprint density at radius 2 is 1.50 bits per heavy atom. The molecule has 1 N–H and O–H groups in total. The second kappa shape index (κ2) is 18.7. The number of para-hydroxylation sites is 1. The fourth-order valence-corrected chi connectivity index (χ4v) is 4.58. The smallest absolute Gasteiger partial charge is 0.225 e. The van der Waals surface area contributed by atoms with Crippen LogP contribution < -0.4 is 19.4 Å². The highest BCUT2D eigenvalue weighted by molar-refractivity contribution is 5.79. The zero-order chi connectivity index (χ0) is 25.8. The van der Waals surface area contributed by atoms with Crippen LogP contribution in [0.2, 0.25) is 0 Å². The molecule has 0 spiro atoms. The molecule has 2 aromatic rings. The van der Waals surface area contributed by atoms with E-state index in [0.717, 1.165) is 30.0 Å². The van der Waals surface area contributed by atoms with E-state index >= 15 is 0 Å². The van der Waals surface area contributed by atoms with Crippen molar-refractivity contribution in [3.05, 3.63) is 53.9 Å². The molecule has 0 aliphatic carbocycles. The highest BCUT2D eigenvalue weighted by Crippen LogP contribution is 2.31. The van der Waals surface area contributed by atoms with Crippen LogP contribution in [0.3, 0.4) is 0 Å². The average molecular weight is 498 g/mol. The lowest BCUT2D eigenvalue weighted by atomic mass is 10.1. The molecule has 1 aromatic heterocycles. The zero-order valence-corrected chi connectivity index (χ0v) is 23.0. The Labute approximate surface area is 219 Å². The van der Waals surface area contributed by atoms with Gasteiger partial charge in [-0.2, -0.15) is 0 Å². The molecule has 0 unspecified atom stereocenters. The lowest BCUT2D eigenvalue weighted by molar-refractivity contribution is -0.701. The van der Waals surface area contributed by atoms with Gasteiger partial charge in [0.2, 0.25) is 11.6 Å². The standard InChI is InChI=1S/C31H48N2O3/c1-4-6-7-8-9-10-11-12-13-14-15-18-24-36-29-22-19-20-27(31(29)35-3)25-30(34)32-26-28-21-16-17-23-33(28)5-2/h16-17,19-23H,4-15,18,24-26H2,1-3H3/p+1. The number of benzene rings is 1. The Hall–Kier alpha value is -2.56. The number of nitrogens with one attached hydrogen (secondary N) is 1. The number of hydrogen-bond acceptors (Lipinski definition) is 3. The van der Waals surface area contributed by atoms with Gasteiger partial charge in [0.15, 0.2) is 17.7 Å². The zero-order valence-electron chi connectivity index (χ0n) is 23.0. The van der Waals surface area contributed by atoms with Crippen LogP contribution in [0.15, 0.2) is 42.6 Å². The Kier molecular flexibility index (Phi) is 15.4. The van der Waals surface area contributed by atoms with Crippen LogP contribution in [0.25, 0.3) is 0 Å². The van der Waals surface area contributed by atoms with E-state index in [1.54, 1.807) is 7.11 Å². The molecule has 36 heavy (non-hydrogen) atoms. The summed E-state index contributed by atoms with van der Waals surface area (Å²) in [5.74, 6) is 1.35. The summed E-state index contributed by atoms with van der Waals surface area (Å²) in [6.45, 7) is 6.42. The molecular weight excluding hydrogens is 448 g/mol. The van der Waals surface area contributed by atoms with Gasteiger partial charge >= 0.3 is 0 Å². The number of unbranched alkanes of at least 4 members (excludes halogenated alkanes) is 11. The van der Waals surface area contributed by atoms with Crippen LogP contribution in [0.4, 0.5) is 0 Å². The molecule has 2 rings (SSSR count). The first-order chi connectivity index (χ1) is 17.7. The quantitative estimate of drug-likeness (QED) is 0.159. The number of pyridine rings is 1. The van der Waals surface area contributed by atoms with Crippen molar-refractivity contribution in [2.75, 3.05) is 13.7 Å². The molecule has 0 bridgehead atoms. The van der Waals surface area contributed by atoms with E-state index in [1.165, 1.54) is 70.6 Å². The van der Waals surface area contributed by atoms with Gasteiger partial charge in [-0.05, 0) is 19.4 Å². The Balaban J connectivity index is 1.66. The van der Waals surface area contributed by atoms with Crippen LogP contribution in [0.1, 0.15) is 102 Å². The number of rotatable bonds is 20. The molecule has 0 saturated carbocycles. The summed E-state index contributed by atoms with van der Waals surface area (Å²) in [6, 6.07) is 11.8. The fraction of sp³-hybridized carbons (Fsp3) is 0.613. The molecule has 1 amide bonds. The second-order valence-electron chi connectivity index (χ2n) is 9.62. The number of hydrogen-bond donors (Lipinski definition) is 1. The number of methoxy groups -OCH3 is 1. The van der Waals surface area contributed by atoms with Crippen molar-refractivity contribution in [1.82, 2.24) is 5.32 Å². The third kappa shape index (κ3) is 11.5. The van der Waals surface area contributed by atoms with Gasteiger partial charge in [-0.15, -0.1) is 0 Å². The topological polar surface area (TPSA) is 51.4 Å². The van der Waals surface area contributed by atoms with Crippen molar-refractivity contribution >= 4 is 5.91 Å². The summed E-state index contributed by atoms with van der Waals surface area (Å²) < 4.78 is 13.8. The van der Waals surface area contributed by atoms with Crippen molar-refractivity contribution in [2.24, 2.45) is 0 Å². The summed E-state index contributed by atoms with van der Waals surface area (Å²) in [5.41, 5.74) is 1.93. The number of aryl methyl sites for hydroxylation is 1. The van der Waals surface area contributed by atoms with Crippen molar-refractivity contribution in [3.63, 3.8) is 0 Å². The van der Waals surface area contributed by atoms with Crippen LogP contribution in [-0.4, -0.2) is 19.6 Å². The van der Waals surface area contributed by atoms with Gasteiger partial charge in [0.1, 0.15) is 13.1 Å². The molecule has 5 nitrogen and oxygen atoms in total. The first-order valence-corrected chi connectivity index (χ1v) is 14.2. The number of aromatic nitrogens is 1. The molecule has 0 aliphatic heterocycles. The summed E-state index contributed by atoms with van der Waals surface area (Å²) in [7, 11) is 1.64. The lowest BCUT2D eigenvalue weighted by Crippen LogP contribution is -2.40. The summed E-state index contributed by atoms with van der Waals surface area (Å²) >= 11 is 0. The van der Waals surface area contributed by atoms with Crippen molar-refractivity contribution in [1.29, 1.82) is 0 Å². The molecule has 1 aromatic carbocycles. The Morgan fingerprint density at radius 3 is 2.14 bits per heavy atom. The van der Waals surface area contributed by atoms with E-state index < -0.39 is 0 Å². The molecule has 1 heterocycles. The SMILES string of the molecule is CCCCCCCCCCCCCCOc1cccc(CC(=O)NCc2cccc[n+]2CC)c1OC. The number of ether oxygens (including phenoxy) is 2. The Morgan fingerprint density at radius 1 is 0.833 bits per heavy atom. The van der Waals surface area contributed by atoms with Gasteiger partial charge in [0.25, 0.3) is 0 Å². The van der Waals surface area contributed by atoms with Gasteiger partial charge in [0.05, 0.1) is 20.1 Å². The minimum atomic E-state index is -0.0297. The van der Waals surface area contributed by atoms with Gasteiger partial charge < -0.3 is 14.8 Å². The fourth-order valence-electron chi connectivity index (χ4n) is 4.58. The highest BCUT2D eigenvalue weighted by atomic mass is 16.5. The first-order valence-electron chi connectivity index (χ1n) is 14.2. The molecular formula is C31H49N2O3+.